The maximum Gasteiger partial charge on any atom is 0.222 e. The molecule has 8 heteroatoms. The largest absolute Gasteiger partial charge is 0.490 e. The van der Waals surface area contributed by atoms with Gasteiger partial charge in [-0.1, -0.05) is 13.8 Å². The summed E-state index contributed by atoms with van der Waals surface area (Å²) in [7, 11) is 0. The lowest BCUT2D eigenvalue weighted by Crippen LogP contribution is -2.05. The van der Waals surface area contributed by atoms with Crippen molar-refractivity contribution < 1.29 is 14.6 Å². The molecule has 0 radical (unpaired) electrons. The van der Waals surface area contributed by atoms with Gasteiger partial charge in [-0.15, -0.1) is 0 Å². The third-order valence-electron chi connectivity index (χ3n) is 3.06. The predicted octanol–water partition coefficient (Wildman–Crippen LogP) is 2.53. The number of halogens is 1. The summed E-state index contributed by atoms with van der Waals surface area (Å²) in [4.78, 5) is 7.79. The molecule has 0 aliphatic carbocycles. The van der Waals surface area contributed by atoms with Crippen molar-refractivity contribution >= 4 is 34.4 Å². The van der Waals surface area contributed by atoms with Crippen molar-refractivity contribution in [3.8, 4) is 17.2 Å². The molecule has 7 nitrogen and oxygen atoms in total. The lowest BCUT2D eigenvalue weighted by atomic mass is 10.0. The van der Waals surface area contributed by atoms with Crippen LogP contribution in [0.4, 0.5) is 11.8 Å². The fourth-order valence-corrected chi connectivity index (χ4v) is 2.55. The zero-order chi connectivity index (χ0) is 17.0. The van der Waals surface area contributed by atoms with Crippen LogP contribution in [0.15, 0.2) is 18.3 Å². The van der Waals surface area contributed by atoms with Gasteiger partial charge in [0.25, 0.3) is 0 Å². The number of hydrogen-bond donors (Lipinski definition) is 3. The Balaban J connectivity index is 2.38. The minimum absolute atomic E-state index is 0.0371. The van der Waals surface area contributed by atoms with Gasteiger partial charge in [0.1, 0.15) is 18.1 Å². The van der Waals surface area contributed by atoms with E-state index < -0.39 is 0 Å². The highest BCUT2D eigenvalue weighted by molar-refractivity contribution is 14.1. The number of hydrogen-bond acceptors (Lipinski definition) is 7. The van der Waals surface area contributed by atoms with Gasteiger partial charge in [-0.25, -0.2) is 4.98 Å². The summed E-state index contributed by atoms with van der Waals surface area (Å²) < 4.78 is 12.3. The summed E-state index contributed by atoms with van der Waals surface area (Å²) in [5.74, 6) is 2.19. The van der Waals surface area contributed by atoms with Crippen molar-refractivity contribution in [3.05, 3.63) is 27.5 Å². The molecule has 2 aromatic rings. The van der Waals surface area contributed by atoms with Gasteiger partial charge in [0.2, 0.25) is 5.95 Å². The first-order valence-electron chi connectivity index (χ1n) is 7.05. The summed E-state index contributed by atoms with van der Waals surface area (Å²) in [6.45, 7) is 4.30. The van der Waals surface area contributed by atoms with E-state index in [0.29, 0.717) is 17.2 Å². The van der Waals surface area contributed by atoms with Crippen LogP contribution in [-0.4, -0.2) is 28.3 Å². The first-order chi connectivity index (χ1) is 10.9. The van der Waals surface area contributed by atoms with Crippen LogP contribution in [0.1, 0.15) is 25.3 Å². The molecule has 23 heavy (non-hydrogen) atoms. The molecule has 5 N–H and O–H groups in total. The quantitative estimate of drug-likeness (QED) is 0.603. The summed E-state index contributed by atoms with van der Waals surface area (Å²) in [5.41, 5.74) is 12.3. The number of aliphatic hydroxyl groups is 1. The zero-order valence-electron chi connectivity index (χ0n) is 12.9. The number of rotatable bonds is 6. The number of nitrogens with zero attached hydrogens (tertiary/aromatic N) is 2. The Morgan fingerprint density at radius 1 is 1.22 bits per heavy atom. The van der Waals surface area contributed by atoms with Crippen molar-refractivity contribution in [2.45, 2.75) is 19.8 Å². The third-order valence-corrected chi connectivity index (χ3v) is 3.90. The van der Waals surface area contributed by atoms with Crippen LogP contribution in [0.2, 0.25) is 0 Å². The van der Waals surface area contributed by atoms with Crippen LogP contribution in [0.3, 0.4) is 0 Å². The molecular formula is C15H19IN4O3. The fourth-order valence-electron chi connectivity index (χ4n) is 1.95. The maximum absolute atomic E-state index is 8.91. The molecule has 0 saturated carbocycles. The Morgan fingerprint density at radius 2 is 1.96 bits per heavy atom. The van der Waals surface area contributed by atoms with Crippen molar-refractivity contribution in [2.75, 3.05) is 24.7 Å². The Kier molecular flexibility index (Phi) is 5.83. The van der Waals surface area contributed by atoms with E-state index in [2.05, 4.69) is 32.6 Å². The first kappa shape index (κ1) is 17.5. The highest BCUT2D eigenvalue weighted by Gasteiger charge is 2.16. The Morgan fingerprint density at radius 3 is 2.57 bits per heavy atom. The van der Waals surface area contributed by atoms with Gasteiger partial charge >= 0.3 is 0 Å². The van der Waals surface area contributed by atoms with E-state index in [0.717, 1.165) is 9.13 Å². The zero-order valence-corrected chi connectivity index (χ0v) is 15.1. The van der Waals surface area contributed by atoms with E-state index in [1.165, 1.54) is 6.20 Å². The normalized spacial score (nSPS) is 10.8. The highest BCUT2D eigenvalue weighted by Crippen LogP contribution is 2.37. The van der Waals surface area contributed by atoms with Crippen molar-refractivity contribution in [1.29, 1.82) is 0 Å². The van der Waals surface area contributed by atoms with Gasteiger partial charge in [0.05, 0.1) is 16.4 Å². The van der Waals surface area contributed by atoms with Gasteiger partial charge in [-0.05, 0) is 40.6 Å². The number of aromatic nitrogens is 2. The highest BCUT2D eigenvalue weighted by atomic mass is 127. The molecule has 0 amide bonds. The molecule has 0 atom stereocenters. The second-order valence-electron chi connectivity index (χ2n) is 5.13. The van der Waals surface area contributed by atoms with Crippen molar-refractivity contribution in [3.63, 3.8) is 0 Å². The monoisotopic (exact) mass is 430 g/mol. The van der Waals surface area contributed by atoms with Gasteiger partial charge < -0.3 is 26.0 Å². The van der Waals surface area contributed by atoms with Crippen LogP contribution in [0.5, 0.6) is 17.2 Å². The third kappa shape index (κ3) is 4.35. The SMILES string of the molecule is CC(C)c1cc(OCCO)c(I)cc1Oc1cnc(N)nc1N. The average molecular weight is 430 g/mol. The summed E-state index contributed by atoms with van der Waals surface area (Å²) in [6.07, 6.45) is 1.45. The number of ether oxygens (including phenoxy) is 2. The molecule has 2 rings (SSSR count). The first-order valence-corrected chi connectivity index (χ1v) is 8.13. The van der Waals surface area contributed by atoms with Crippen LogP contribution < -0.4 is 20.9 Å². The van der Waals surface area contributed by atoms with Gasteiger partial charge in [-0.3, -0.25) is 0 Å². The number of nitrogens with two attached hydrogens (primary N) is 2. The summed E-state index contributed by atoms with van der Waals surface area (Å²) >= 11 is 2.15. The minimum atomic E-state index is -0.0371. The number of aliphatic hydroxyl groups excluding tert-OH is 1. The number of anilines is 2. The molecular weight excluding hydrogens is 411 g/mol. The molecule has 0 unspecified atom stereocenters. The smallest absolute Gasteiger partial charge is 0.222 e. The second-order valence-corrected chi connectivity index (χ2v) is 6.29. The van der Waals surface area contributed by atoms with Crippen LogP contribution >= 0.6 is 22.6 Å². The molecule has 1 heterocycles. The summed E-state index contributed by atoms with van der Waals surface area (Å²) in [5, 5.41) is 8.91. The predicted molar refractivity (Wildman–Crippen MR) is 96.8 cm³/mol. The molecule has 0 bridgehead atoms. The number of nitrogen functional groups attached to an aromatic ring is 2. The van der Waals surface area contributed by atoms with Crippen LogP contribution in [0.25, 0.3) is 0 Å². The molecule has 0 fully saturated rings. The Bertz CT molecular complexity index is 695. The second kappa shape index (κ2) is 7.64. The lowest BCUT2D eigenvalue weighted by Gasteiger charge is -2.17. The molecule has 0 spiro atoms. The van der Waals surface area contributed by atoms with E-state index in [-0.39, 0.29) is 30.9 Å². The molecule has 124 valence electrons. The molecule has 1 aromatic heterocycles. The van der Waals surface area contributed by atoms with E-state index in [9.17, 15) is 0 Å². The topological polar surface area (TPSA) is 117 Å². The van der Waals surface area contributed by atoms with Crippen LogP contribution in [0, 0.1) is 3.57 Å². The molecule has 0 saturated heterocycles. The van der Waals surface area contributed by atoms with Gasteiger partial charge in [-0.2, -0.15) is 4.98 Å². The standard InChI is InChI=1S/C15H19IN4O3/c1-8(2)9-5-12(22-4-3-21)10(16)6-11(9)23-13-7-19-15(18)20-14(13)17/h5-8,21H,3-4H2,1-2H3,(H4,17,18,19,20). The van der Waals surface area contributed by atoms with Gasteiger partial charge in [0.15, 0.2) is 11.6 Å². The minimum Gasteiger partial charge on any atom is -0.490 e. The van der Waals surface area contributed by atoms with E-state index in [4.69, 9.17) is 26.0 Å². The van der Waals surface area contributed by atoms with Crippen molar-refractivity contribution in [1.82, 2.24) is 9.97 Å². The maximum atomic E-state index is 8.91. The summed E-state index contributed by atoms with van der Waals surface area (Å²) in [6, 6.07) is 3.77. The lowest BCUT2D eigenvalue weighted by molar-refractivity contribution is 0.200. The van der Waals surface area contributed by atoms with E-state index >= 15 is 0 Å². The van der Waals surface area contributed by atoms with Crippen LogP contribution in [-0.2, 0) is 0 Å². The van der Waals surface area contributed by atoms with Gasteiger partial charge in [0, 0.05) is 5.56 Å². The number of benzene rings is 1. The van der Waals surface area contributed by atoms with Crippen molar-refractivity contribution in [2.24, 2.45) is 0 Å². The average Bonchev–Trinajstić information content (AvgIpc) is 2.49. The Hall–Kier alpha value is -1.81. The molecule has 1 aromatic carbocycles. The Labute approximate surface area is 148 Å². The molecule has 0 aliphatic rings. The van der Waals surface area contributed by atoms with E-state index in [1.54, 1.807) is 0 Å². The molecule has 0 aliphatic heterocycles. The van der Waals surface area contributed by atoms with E-state index in [1.807, 2.05) is 26.0 Å². The fraction of sp³-hybridized carbons (Fsp3) is 0.333.